The molecule has 0 spiro atoms. The fourth-order valence-corrected chi connectivity index (χ4v) is 0.990. The third-order valence-electron chi connectivity index (χ3n) is 1.66. The van der Waals surface area contributed by atoms with Crippen molar-refractivity contribution in [3.8, 4) is 24.2 Å². The molecule has 1 aromatic rings. The van der Waals surface area contributed by atoms with Gasteiger partial charge in [-0.05, 0) is 6.07 Å². The van der Waals surface area contributed by atoms with Crippen LogP contribution in [0.5, 0.6) is 5.75 Å². The lowest BCUT2D eigenvalue weighted by Crippen LogP contribution is -2.09. The van der Waals surface area contributed by atoms with Crippen LogP contribution in [0.15, 0.2) is 12.1 Å². The summed E-state index contributed by atoms with van der Waals surface area (Å²) in [7, 11) is 0. The van der Waals surface area contributed by atoms with Crippen molar-refractivity contribution in [2.75, 3.05) is 12.0 Å². The maximum absolute atomic E-state index is 13.2. The topological polar surface area (TPSA) is 71.1 Å². The summed E-state index contributed by atoms with van der Waals surface area (Å²) >= 11 is 0. The lowest BCUT2D eigenvalue weighted by molar-refractivity contribution is 0.368. The van der Waals surface area contributed by atoms with Crippen molar-refractivity contribution in [3.63, 3.8) is 0 Å². The second-order valence-electron chi connectivity index (χ2n) is 2.58. The van der Waals surface area contributed by atoms with E-state index in [9.17, 15) is 4.39 Å². The number of terminal acetylenes is 1. The Morgan fingerprint density at radius 2 is 2.33 bits per heavy atom. The number of benzene rings is 1. The fraction of sp³-hybridized carbons (Fsp3) is 0.100. The number of nitrogens with zero attached hydrogens (tertiary/aromatic N) is 1. The van der Waals surface area contributed by atoms with E-state index in [0.29, 0.717) is 0 Å². The van der Waals surface area contributed by atoms with Gasteiger partial charge in [0.05, 0.1) is 11.3 Å². The molecule has 0 bridgehead atoms. The molecule has 0 radical (unpaired) electrons. The average Bonchev–Trinajstić information content (AvgIpc) is 2.26. The molecule has 0 saturated heterocycles. The van der Waals surface area contributed by atoms with Gasteiger partial charge in [0.25, 0.3) is 0 Å². The summed E-state index contributed by atoms with van der Waals surface area (Å²) in [5.41, 5.74) is 2.26. The third kappa shape index (κ3) is 2.37. The molecule has 0 fully saturated rings. The monoisotopic (exact) mass is 205 g/mol. The van der Waals surface area contributed by atoms with Gasteiger partial charge in [0.2, 0.25) is 0 Å². The quantitative estimate of drug-likeness (QED) is 0.438. The number of nitriles is 1. The summed E-state index contributed by atoms with van der Waals surface area (Å²) in [6.45, 7) is 0.00429. The second kappa shape index (κ2) is 4.85. The third-order valence-corrected chi connectivity index (χ3v) is 1.66. The minimum absolute atomic E-state index is 0.00429. The predicted octanol–water partition coefficient (Wildman–Crippen LogP) is 0.995. The van der Waals surface area contributed by atoms with Gasteiger partial charge in [0.15, 0.2) is 0 Å². The molecule has 1 rings (SSSR count). The van der Waals surface area contributed by atoms with Crippen LogP contribution in [0.1, 0.15) is 5.56 Å². The van der Waals surface area contributed by atoms with E-state index in [0.717, 1.165) is 6.07 Å². The molecule has 4 nitrogen and oxygen atoms in total. The van der Waals surface area contributed by atoms with Gasteiger partial charge >= 0.3 is 0 Å². The molecule has 0 amide bonds. The highest BCUT2D eigenvalue weighted by Gasteiger charge is 2.09. The summed E-state index contributed by atoms with van der Waals surface area (Å²) in [5, 5.41) is 8.71. The van der Waals surface area contributed by atoms with E-state index < -0.39 is 5.82 Å². The van der Waals surface area contributed by atoms with Crippen molar-refractivity contribution in [1.82, 2.24) is 0 Å². The van der Waals surface area contributed by atoms with Crippen LogP contribution in [0.4, 0.5) is 10.1 Å². The first-order valence-electron chi connectivity index (χ1n) is 3.99. The van der Waals surface area contributed by atoms with E-state index in [4.69, 9.17) is 22.3 Å². The highest BCUT2D eigenvalue weighted by molar-refractivity contribution is 5.56. The van der Waals surface area contributed by atoms with Gasteiger partial charge in [0, 0.05) is 6.07 Å². The Morgan fingerprint density at radius 1 is 1.60 bits per heavy atom. The molecule has 15 heavy (non-hydrogen) atoms. The highest BCUT2D eigenvalue weighted by Crippen LogP contribution is 2.25. The van der Waals surface area contributed by atoms with Crippen LogP contribution in [0.3, 0.4) is 0 Å². The molecule has 76 valence electrons. The minimum Gasteiger partial charge on any atom is -0.479 e. The molecule has 0 heterocycles. The molecule has 0 aliphatic carbocycles. The zero-order valence-corrected chi connectivity index (χ0v) is 7.75. The average molecular weight is 205 g/mol. The first kappa shape index (κ1) is 10.8. The first-order valence-corrected chi connectivity index (χ1v) is 3.99. The molecule has 0 aliphatic rings. The van der Waals surface area contributed by atoms with Gasteiger partial charge < -0.3 is 10.2 Å². The number of nitrogen functional groups attached to an aromatic ring is 1. The maximum Gasteiger partial charge on any atom is 0.149 e. The van der Waals surface area contributed by atoms with Crippen LogP contribution in [0.2, 0.25) is 0 Å². The Hall–Kier alpha value is -2.24. The number of halogens is 1. The largest absolute Gasteiger partial charge is 0.479 e. The number of hydrazine groups is 1. The summed E-state index contributed by atoms with van der Waals surface area (Å²) < 4.78 is 18.2. The van der Waals surface area contributed by atoms with Crippen molar-refractivity contribution in [2.45, 2.75) is 0 Å². The molecule has 3 N–H and O–H groups in total. The molecular weight excluding hydrogens is 197 g/mol. The zero-order chi connectivity index (χ0) is 11.3. The van der Waals surface area contributed by atoms with Crippen LogP contribution in [-0.2, 0) is 0 Å². The molecule has 0 unspecified atom stereocenters. The van der Waals surface area contributed by atoms with Gasteiger partial charge in [-0.15, -0.1) is 6.42 Å². The van der Waals surface area contributed by atoms with Gasteiger partial charge in [0.1, 0.15) is 24.2 Å². The number of ether oxygens (including phenoxy) is 1. The van der Waals surface area contributed by atoms with Crippen LogP contribution < -0.4 is 16.0 Å². The Balaban J connectivity index is 3.13. The lowest BCUT2D eigenvalue weighted by Gasteiger charge is -2.08. The van der Waals surface area contributed by atoms with Crippen LogP contribution in [0.25, 0.3) is 0 Å². The van der Waals surface area contributed by atoms with Crippen molar-refractivity contribution in [2.24, 2.45) is 5.84 Å². The number of hydrogen-bond donors (Lipinski definition) is 2. The van der Waals surface area contributed by atoms with Gasteiger partial charge in [-0.2, -0.15) is 5.26 Å². The van der Waals surface area contributed by atoms with Crippen LogP contribution in [0, 0.1) is 29.5 Å². The smallest absolute Gasteiger partial charge is 0.149 e. The van der Waals surface area contributed by atoms with Gasteiger partial charge in [-0.25, -0.2) is 4.39 Å². The van der Waals surface area contributed by atoms with E-state index in [1.54, 1.807) is 6.07 Å². The van der Waals surface area contributed by atoms with E-state index in [1.807, 2.05) is 0 Å². The zero-order valence-electron chi connectivity index (χ0n) is 7.75. The Labute approximate surface area is 86.4 Å². The van der Waals surface area contributed by atoms with Gasteiger partial charge in [-0.1, -0.05) is 5.92 Å². The summed E-state index contributed by atoms with van der Waals surface area (Å²) in [4.78, 5) is 0. The Morgan fingerprint density at radius 3 is 2.87 bits per heavy atom. The molecule has 0 saturated carbocycles. The van der Waals surface area contributed by atoms with Crippen LogP contribution in [-0.4, -0.2) is 6.61 Å². The summed E-state index contributed by atoms with van der Waals surface area (Å²) in [5.74, 6) is 6.89. The van der Waals surface area contributed by atoms with Crippen molar-refractivity contribution < 1.29 is 9.13 Å². The number of nitrogens with two attached hydrogens (primary N) is 1. The Bertz CT molecular complexity index is 445. The Kier molecular flexibility index (Phi) is 3.50. The molecule has 1 aromatic carbocycles. The van der Waals surface area contributed by atoms with E-state index in [1.165, 1.54) is 6.07 Å². The molecule has 0 atom stereocenters. The maximum atomic E-state index is 13.2. The standard InChI is InChI=1S/C10H8FN3O/c1-2-3-15-10-5-9(14-13)8(11)4-7(10)6-12/h1,4-5,14H,3,13H2. The van der Waals surface area contributed by atoms with E-state index in [2.05, 4.69) is 11.3 Å². The van der Waals surface area contributed by atoms with Crippen molar-refractivity contribution >= 4 is 5.69 Å². The predicted molar refractivity (Wildman–Crippen MR) is 53.3 cm³/mol. The second-order valence-corrected chi connectivity index (χ2v) is 2.58. The number of rotatable bonds is 3. The lowest BCUT2D eigenvalue weighted by atomic mass is 10.2. The first-order chi connectivity index (χ1) is 7.22. The molecule has 0 aliphatic heterocycles. The number of nitrogens with one attached hydrogen (secondary N) is 1. The van der Waals surface area contributed by atoms with Crippen molar-refractivity contribution in [3.05, 3.63) is 23.5 Å². The molecule has 5 heteroatoms. The highest BCUT2D eigenvalue weighted by atomic mass is 19.1. The SMILES string of the molecule is C#CCOc1cc(NN)c(F)cc1C#N. The summed E-state index contributed by atoms with van der Waals surface area (Å²) in [6.07, 6.45) is 5.00. The minimum atomic E-state index is -0.623. The normalized spacial score (nSPS) is 8.80. The van der Waals surface area contributed by atoms with Crippen molar-refractivity contribution in [1.29, 1.82) is 5.26 Å². The van der Waals surface area contributed by atoms with Gasteiger partial charge in [-0.3, -0.25) is 5.84 Å². The number of hydrogen-bond acceptors (Lipinski definition) is 4. The molecular formula is C10H8FN3O. The summed E-state index contributed by atoms with van der Waals surface area (Å²) in [6, 6.07) is 4.11. The van der Waals surface area contributed by atoms with E-state index >= 15 is 0 Å². The van der Waals surface area contributed by atoms with E-state index in [-0.39, 0.29) is 23.6 Å². The molecule has 0 aromatic heterocycles. The number of anilines is 1. The fourth-order valence-electron chi connectivity index (χ4n) is 0.990. The van der Waals surface area contributed by atoms with Crippen LogP contribution >= 0.6 is 0 Å².